The highest BCUT2D eigenvalue weighted by Gasteiger charge is 2.84. The van der Waals surface area contributed by atoms with Crippen LogP contribution in [0, 0.1) is 35.0 Å². The molecule has 0 radical (unpaired) electrons. The van der Waals surface area contributed by atoms with Gasteiger partial charge in [-0.15, -0.1) is 0 Å². The molecular weight excluding hydrogens is 216 g/mol. The molecule has 0 amide bonds. The minimum absolute atomic E-state index is 0.741. The van der Waals surface area contributed by atoms with Crippen molar-refractivity contribution in [3.8, 4) is 0 Å². The maximum absolute atomic E-state index is 2.36. The zero-order chi connectivity index (χ0) is 11.5. The van der Waals surface area contributed by atoms with Crippen LogP contribution in [0.5, 0.6) is 0 Å². The minimum atomic E-state index is 0.741. The minimum Gasteiger partial charge on any atom is -0.0622 e. The average Bonchev–Trinajstić information content (AvgIpc) is 2.86. The van der Waals surface area contributed by atoms with Gasteiger partial charge in [-0.25, -0.2) is 0 Å². The van der Waals surface area contributed by atoms with Gasteiger partial charge >= 0.3 is 0 Å². The molecule has 0 heterocycles. The molecule has 5 saturated carbocycles. The van der Waals surface area contributed by atoms with Gasteiger partial charge in [0.2, 0.25) is 0 Å². The first-order valence-electron chi connectivity index (χ1n) is 7.72. The summed E-state index contributed by atoms with van der Waals surface area (Å²) in [6, 6.07) is 11.3. The number of hydrogen-bond donors (Lipinski definition) is 0. The van der Waals surface area contributed by atoms with Gasteiger partial charge < -0.3 is 0 Å². The first-order valence-corrected chi connectivity index (χ1v) is 7.72. The second-order valence-electron chi connectivity index (χ2n) is 7.29. The van der Waals surface area contributed by atoms with Crippen LogP contribution >= 0.6 is 0 Å². The predicted octanol–water partition coefficient (Wildman–Crippen LogP) is 4.14. The Morgan fingerprint density at radius 2 is 2.00 bits per heavy atom. The summed E-state index contributed by atoms with van der Waals surface area (Å²) in [4.78, 5) is 0. The van der Waals surface area contributed by atoms with Gasteiger partial charge in [-0.2, -0.15) is 0 Å². The van der Waals surface area contributed by atoms with Gasteiger partial charge in [0.1, 0.15) is 0 Å². The molecule has 6 unspecified atom stereocenters. The van der Waals surface area contributed by atoms with E-state index in [1.807, 2.05) is 11.1 Å². The molecule has 0 heteroatoms. The topological polar surface area (TPSA) is 0 Å². The van der Waals surface area contributed by atoms with Crippen LogP contribution in [0.2, 0.25) is 0 Å². The van der Waals surface area contributed by atoms with E-state index >= 15 is 0 Å². The van der Waals surface area contributed by atoms with Crippen molar-refractivity contribution < 1.29 is 0 Å². The second kappa shape index (κ2) is 2.48. The van der Waals surface area contributed by atoms with E-state index in [9.17, 15) is 0 Å². The molecule has 0 nitrogen and oxygen atoms in total. The third kappa shape index (κ3) is 0.670. The fourth-order valence-corrected chi connectivity index (χ4v) is 7.09. The molecule has 5 fully saturated rings. The smallest absolute Gasteiger partial charge is 0.00136 e. The van der Waals surface area contributed by atoms with Crippen molar-refractivity contribution in [1.29, 1.82) is 0 Å². The van der Waals surface area contributed by atoms with Crippen LogP contribution in [-0.4, -0.2) is 0 Å². The van der Waals surface area contributed by atoms with Gasteiger partial charge in [-0.1, -0.05) is 35.9 Å². The lowest BCUT2D eigenvalue weighted by Gasteiger charge is -2.27. The maximum Gasteiger partial charge on any atom is -0.00136 e. The molecule has 6 aliphatic rings. The Morgan fingerprint density at radius 1 is 1.11 bits per heavy atom. The van der Waals surface area contributed by atoms with Crippen molar-refractivity contribution in [3.63, 3.8) is 0 Å². The van der Waals surface area contributed by atoms with Gasteiger partial charge in [0, 0.05) is 0 Å². The SMILES string of the molecule is c1ccc(C2=C3CCCC34C3CC5C(C23)C54)cc1. The zero-order valence-corrected chi connectivity index (χ0v) is 10.6. The van der Waals surface area contributed by atoms with Crippen molar-refractivity contribution >= 4 is 5.57 Å². The van der Waals surface area contributed by atoms with E-state index in [0.29, 0.717) is 0 Å². The normalized spacial score (nSPS) is 53.2. The lowest BCUT2D eigenvalue weighted by molar-refractivity contribution is 0.277. The molecule has 90 valence electrons. The Kier molecular flexibility index (Phi) is 1.23. The maximum atomic E-state index is 2.36. The van der Waals surface area contributed by atoms with Gasteiger partial charge in [0.25, 0.3) is 0 Å². The molecule has 18 heavy (non-hydrogen) atoms. The second-order valence-corrected chi connectivity index (χ2v) is 7.29. The molecule has 1 aromatic rings. The van der Waals surface area contributed by atoms with E-state index in [-0.39, 0.29) is 0 Å². The monoisotopic (exact) mass is 234 g/mol. The Bertz CT molecular complexity index is 596. The lowest BCUT2D eigenvalue weighted by atomic mass is 9.76. The van der Waals surface area contributed by atoms with Crippen molar-refractivity contribution in [1.82, 2.24) is 0 Å². The first-order chi connectivity index (χ1) is 8.93. The third-order valence-electron chi connectivity index (χ3n) is 7.18. The fraction of sp³-hybridized carbons (Fsp3) is 0.556. The highest BCUT2D eigenvalue weighted by atomic mass is 14.9. The molecule has 7 rings (SSSR count). The quantitative estimate of drug-likeness (QED) is 0.685. The lowest BCUT2D eigenvalue weighted by Crippen LogP contribution is -2.20. The van der Waals surface area contributed by atoms with Crippen molar-refractivity contribution in [3.05, 3.63) is 41.5 Å². The van der Waals surface area contributed by atoms with Crippen LogP contribution in [-0.2, 0) is 0 Å². The molecule has 6 atom stereocenters. The Hall–Kier alpha value is -1.04. The van der Waals surface area contributed by atoms with Crippen LogP contribution in [0.3, 0.4) is 0 Å². The van der Waals surface area contributed by atoms with Gasteiger partial charge in [-0.05, 0) is 71.8 Å². The zero-order valence-electron chi connectivity index (χ0n) is 10.6. The molecule has 6 aliphatic carbocycles. The van der Waals surface area contributed by atoms with Gasteiger partial charge in [-0.3, -0.25) is 0 Å². The Balaban J connectivity index is 1.65. The molecule has 0 N–H and O–H groups in total. The van der Waals surface area contributed by atoms with Crippen LogP contribution in [0.15, 0.2) is 35.9 Å². The molecular formula is C18H18. The van der Waals surface area contributed by atoms with Crippen LogP contribution in [0.4, 0.5) is 0 Å². The summed E-state index contributed by atoms with van der Waals surface area (Å²) in [5.74, 6) is 5.47. The summed E-state index contributed by atoms with van der Waals surface area (Å²) in [5.41, 5.74) is 6.08. The highest BCUT2D eigenvalue weighted by Crippen LogP contribution is 2.90. The number of benzene rings is 1. The van der Waals surface area contributed by atoms with E-state index < -0.39 is 0 Å². The van der Waals surface area contributed by atoms with E-state index in [4.69, 9.17) is 0 Å². The molecule has 0 aromatic heterocycles. The number of hydrogen-bond acceptors (Lipinski definition) is 0. The summed E-state index contributed by atoms with van der Waals surface area (Å²) >= 11 is 0. The molecule has 0 saturated heterocycles. The van der Waals surface area contributed by atoms with Crippen LogP contribution < -0.4 is 0 Å². The van der Waals surface area contributed by atoms with Crippen molar-refractivity contribution in [2.45, 2.75) is 25.7 Å². The highest BCUT2D eigenvalue weighted by molar-refractivity contribution is 5.80. The van der Waals surface area contributed by atoms with E-state index in [1.165, 1.54) is 19.3 Å². The summed E-state index contributed by atoms with van der Waals surface area (Å²) in [7, 11) is 0. The molecule has 1 aromatic carbocycles. The van der Waals surface area contributed by atoms with E-state index in [0.717, 1.165) is 35.0 Å². The summed E-state index contributed by atoms with van der Waals surface area (Å²) in [6.45, 7) is 0. The molecule has 1 spiro atoms. The van der Waals surface area contributed by atoms with E-state index in [2.05, 4.69) is 30.3 Å². The van der Waals surface area contributed by atoms with Gasteiger partial charge in [0.15, 0.2) is 0 Å². The molecule has 0 aliphatic heterocycles. The average molecular weight is 234 g/mol. The van der Waals surface area contributed by atoms with Crippen molar-refractivity contribution in [2.75, 3.05) is 0 Å². The Labute approximate surface area is 108 Å². The third-order valence-corrected chi connectivity index (χ3v) is 7.18. The van der Waals surface area contributed by atoms with Gasteiger partial charge in [0.05, 0.1) is 0 Å². The number of rotatable bonds is 1. The predicted molar refractivity (Wildman–Crippen MR) is 71.7 cm³/mol. The van der Waals surface area contributed by atoms with Crippen LogP contribution in [0.25, 0.3) is 5.57 Å². The summed E-state index contributed by atoms with van der Waals surface area (Å²) in [6.07, 6.45) is 6.02. The first kappa shape index (κ1) is 8.96. The summed E-state index contributed by atoms with van der Waals surface area (Å²) < 4.78 is 0. The largest absolute Gasteiger partial charge is 0.0622 e. The number of allylic oxidation sites excluding steroid dienone is 2. The Morgan fingerprint density at radius 3 is 2.83 bits per heavy atom. The standard InChI is InChI=1S/C18H18/c1-2-5-10(6-3-1)14-12-7-4-8-18(12)13-9-11-15(16(13)14)17(11)18/h1-3,5-6,11,13,15-17H,4,7-9H2. The van der Waals surface area contributed by atoms with Crippen LogP contribution in [0.1, 0.15) is 31.2 Å². The molecule has 6 bridgehead atoms. The van der Waals surface area contributed by atoms with E-state index in [1.54, 1.807) is 12.0 Å². The summed E-state index contributed by atoms with van der Waals surface area (Å²) in [5, 5.41) is 0. The van der Waals surface area contributed by atoms with Crippen molar-refractivity contribution in [2.24, 2.45) is 35.0 Å². The fourth-order valence-electron chi connectivity index (χ4n) is 7.09.